The van der Waals surface area contributed by atoms with E-state index >= 15 is 0 Å². The SMILES string of the molecule is Cc1ccsc1C(=O)Nc1sc2c(c1C#N)CC[C@H](C(C)(C)C)C2. The number of fused-ring (bicyclic) bond motifs is 1. The number of carbonyl (C=O) groups excluding carboxylic acids is 1. The number of anilines is 1. The van der Waals surface area contributed by atoms with E-state index in [2.05, 4.69) is 32.2 Å². The summed E-state index contributed by atoms with van der Waals surface area (Å²) in [7, 11) is 0. The Morgan fingerprint density at radius 1 is 1.42 bits per heavy atom. The summed E-state index contributed by atoms with van der Waals surface area (Å²) in [5, 5.41) is 15.2. The van der Waals surface area contributed by atoms with Crippen LogP contribution in [0.3, 0.4) is 0 Å². The fourth-order valence-electron chi connectivity index (χ4n) is 3.30. The van der Waals surface area contributed by atoms with Crippen LogP contribution in [0.15, 0.2) is 11.4 Å². The Morgan fingerprint density at radius 2 is 2.17 bits per heavy atom. The fraction of sp³-hybridized carbons (Fsp3) is 0.474. The molecule has 1 aliphatic carbocycles. The van der Waals surface area contributed by atoms with Crippen molar-refractivity contribution in [3.05, 3.63) is 37.9 Å². The average Bonchev–Trinajstić information content (AvgIpc) is 3.08. The summed E-state index contributed by atoms with van der Waals surface area (Å²) in [6, 6.07) is 4.26. The van der Waals surface area contributed by atoms with E-state index in [0.29, 0.717) is 11.5 Å². The highest BCUT2D eigenvalue weighted by Gasteiger charge is 2.32. The highest BCUT2D eigenvalue weighted by Crippen LogP contribution is 2.44. The first-order valence-electron chi connectivity index (χ1n) is 8.21. The molecule has 24 heavy (non-hydrogen) atoms. The molecule has 1 aliphatic rings. The molecule has 0 saturated heterocycles. The molecule has 126 valence electrons. The largest absolute Gasteiger partial charge is 0.312 e. The average molecular weight is 359 g/mol. The molecular weight excluding hydrogens is 336 g/mol. The highest BCUT2D eigenvalue weighted by atomic mass is 32.1. The van der Waals surface area contributed by atoms with Crippen molar-refractivity contribution in [2.45, 2.75) is 47.0 Å². The predicted molar refractivity (Wildman–Crippen MR) is 101 cm³/mol. The van der Waals surface area contributed by atoms with Gasteiger partial charge in [-0.1, -0.05) is 20.8 Å². The van der Waals surface area contributed by atoms with Crippen molar-refractivity contribution in [3.8, 4) is 6.07 Å². The first kappa shape index (κ1) is 17.2. The van der Waals surface area contributed by atoms with Gasteiger partial charge in [-0.25, -0.2) is 0 Å². The van der Waals surface area contributed by atoms with Gasteiger partial charge in [0.1, 0.15) is 11.1 Å². The quantitative estimate of drug-likeness (QED) is 0.782. The number of carbonyl (C=O) groups is 1. The number of hydrogen-bond acceptors (Lipinski definition) is 4. The van der Waals surface area contributed by atoms with Gasteiger partial charge in [0.25, 0.3) is 5.91 Å². The molecule has 0 aliphatic heterocycles. The van der Waals surface area contributed by atoms with Gasteiger partial charge in [-0.2, -0.15) is 5.26 Å². The van der Waals surface area contributed by atoms with Gasteiger partial charge >= 0.3 is 0 Å². The molecule has 1 N–H and O–H groups in total. The standard InChI is InChI=1S/C19H22N2OS2/c1-11-7-8-23-16(11)17(22)21-18-14(10-20)13-6-5-12(19(2,3)4)9-15(13)24-18/h7-8,12H,5-6,9H2,1-4H3,(H,21,22)/t12-/m0/s1. The minimum absolute atomic E-state index is 0.107. The molecule has 0 unspecified atom stereocenters. The molecule has 0 radical (unpaired) electrons. The maximum atomic E-state index is 12.5. The van der Waals surface area contributed by atoms with Gasteiger partial charge < -0.3 is 5.32 Å². The second-order valence-corrected chi connectivity index (χ2v) is 9.53. The van der Waals surface area contributed by atoms with Crippen molar-refractivity contribution in [1.29, 1.82) is 5.26 Å². The summed E-state index contributed by atoms with van der Waals surface area (Å²) in [6.45, 7) is 8.78. The van der Waals surface area contributed by atoms with Crippen LogP contribution in [-0.2, 0) is 12.8 Å². The molecule has 2 aromatic heterocycles. The predicted octanol–water partition coefficient (Wildman–Crippen LogP) is 5.39. The van der Waals surface area contributed by atoms with E-state index in [1.54, 1.807) is 11.3 Å². The molecule has 0 fully saturated rings. The lowest BCUT2D eigenvalue weighted by atomic mass is 9.72. The first-order chi connectivity index (χ1) is 11.3. The normalized spacial score (nSPS) is 17.2. The molecule has 0 bridgehead atoms. The second kappa shape index (κ2) is 6.34. The van der Waals surface area contributed by atoms with Crippen LogP contribution in [0.1, 0.15) is 58.4 Å². The summed E-state index contributed by atoms with van der Waals surface area (Å²) >= 11 is 3.03. The number of thiophene rings is 2. The van der Waals surface area contributed by atoms with E-state index in [0.717, 1.165) is 40.3 Å². The Labute approximate surface area is 151 Å². The summed E-state index contributed by atoms with van der Waals surface area (Å²) in [5.74, 6) is 0.517. The van der Waals surface area contributed by atoms with Gasteiger partial charge in [0.2, 0.25) is 0 Å². The number of nitrogens with one attached hydrogen (secondary N) is 1. The zero-order chi connectivity index (χ0) is 17.5. The molecule has 3 nitrogen and oxygen atoms in total. The van der Waals surface area contributed by atoms with E-state index in [1.165, 1.54) is 16.2 Å². The number of nitriles is 1. The third kappa shape index (κ3) is 3.13. The van der Waals surface area contributed by atoms with Crippen LogP contribution in [0.4, 0.5) is 5.00 Å². The van der Waals surface area contributed by atoms with Crippen molar-refractivity contribution >= 4 is 33.6 Å². The number of amides is 1. The number of nitrogens with zero attached hydrogens (tertiary/aromatic N) is 1. The monoisotopic (exact) mass is 358 g/mol. The van der Waals surface area contributed by atoms with E-state index in [1.807, 2.05) is 18.4 Å². The summed E-state index contributed by atoms with van der Waals surface area (Å²) in [6.07, 6.45) is 3.05. The van der Waals surface area contributed by atoms with Crippen molar-refractivity contribution in [3.63, 3.8) is 0 Å². The molecular formula is C19H22N2OS2. The van der Waals surface area contributed by atoms with Crippen LogP contribution in [0.5, 0.6) is 0 Å². The number of hydrogen-bond donors (Lipinski definition) is 1. The van der Waals surface area contributed by atoms with E-state index in [9.17, 15) is 10.1 Å². The third-order valence-electron chi connectivity index (χ3n) is 4.90. The zero-order valence-electron chi connectivity index (χ0n) is 14.5. The van der Waals surface area contributed by atoms with Crippen molar-refractivity contribution in [2.24, 2.45) is 11.3 Å². The lowest BCUT2D eigenvalue weighted by Crippen LogP contribution is -2.26. The Balaban J connectivity index is 1.89. The van der Waals surface area contributed by atoms with Gasteiger partial charge in [0, 0.05) is 4.88 Å². The highest BCUT2D eigenvalue weighted by molar-refractivity contribution is 7.17. The van der Waals surface area contributed by atoms with E-state index in [4.69, 9.17) is 0 Å². The summed E-state index contributed by atoms with van der Waals surface area (Å²) in [4.78, 5) is 14.5. The lowest BCUT2D eigenvalue weighted by Gasteiger charge is -2.33. The zero-order valence-corrected chi connectivity index (χ0v) is 16.2. The minimum Gasteiger partial charge on any atom is -0.312 e. The molecule has 0 aromatic carbocycles. The number of aryl methyl sites for hydroxylation is 1. The van der Waals surface area contributed by atoms with E-state index < -0.39 is 0 Å². The second-order valence-electron chi connectivity index (χ2n) is 7.51. The molecule has 1 amide bonds. The Kier molecular flexibility index (Phi) is 4.54. The van der Waals surface area contributed by atoms with Crippen LogP contribution >= 0.6 is 22.7 Å². The topological polar surface area (TPSA) is 52.9 Å². The van der Waals surface area contributed by atoms with Crippen LogP contribution in [0.25, 0.3) is 0 Å². The smallest absolute Gasteiger partial charge is 0.266 e. The molecule has 5 heteroatoms. The van der Waals surface area contributed by atoms with Gasteiger partial charge in [0.05, 0.1) is 10.4 Å². The Bertz CT molecular complexity index is 818. The van der Waals surface area contributed by atoms with Gasteiger partial charge in [-0.3, -0.25) is 4.79 Å². The molecule has 0 saturated carbocycles. The fourth-order valence-corrected chi connectivity index (χ4v) is 5.39. The van der Waals surface area contributed by atoms with Crippen molar-refractivity contribution in [2.75, 3.05) is 5.32 Å². The maximum absolute atomic E-state index is 12.5. The van der Waals surface area contributed by atoms with Crippen LogP contribution in [0, 0.1) is 29.6 Å². The lowest BCUT2D eigenvalue weighted by molar-refractivity contribution is 0.103. The first-order valence-corrected chi connectivity index (χ1v) is 9.91. The van der Waals surface area contributed by atoms with E-state index in [-0.39, 0.29) is 11.3 Å². The molecule has 1 atom stereocenters. The molecule has 2 aromatic rings. The molecule has 2 heterocycles. The van der Waals surface area contributed by atoms with Gasteiger partial charge in [-0.05, 0) is 60.1 Å². The van der Waals surface area contributed by atoms with Crippen LogP contribution in [-0.4, -0.2) is 5.91 Å². The van der Waals surface area contributed by atoms with Gasteiger partial charge in [0.15, 0.2) is 0 Å². The Morgan fingerprint density at radius 3 is 2.75 bits per heavy atom. The number of rotatable bonds is 2. The summed E-state index contributed by atoms with van der Waals surface area (Å²) in [5.41, 5.74) is 3.07. The van der Waals surface area contributed by atoms with Gasteiger partial charge in [-0.15, -0.1) is 22.7 Å². The maximum Gasteiger partial charge on any atom is 0.266 e. The minimum atomic E-state index is -0.107. The van der Waals surface area contributed by atoms with Crippen LogP contribution < -0.4 is 5.32 Å². The summed E-state index contributed by atoms with van der Waals surface area (Å²) < 4.78 is 0. The third-order valence-corrected chi connectivity index (χ3v) is 7.08. The van der Waals surface area contributed by atoms with Crippen LogP contribution in [0.2, 0.25) is 0 Å². The molecule has 3 rings (SSSR count). The Hall–Kier alpha value is -1.64. The van der Waals surface area contributed by atoms with Crippen molar-refractivity contribution < 1.29 is 4.79 Å². The van der Waals surface area contributed by atoms with Crippen molar-refractivity contribution in [1.82, 2.24) is 0 Å². The molecule has 0 spiro atoms.